The van der Waals surface area contributed by atoms with Crippen molar-refractivity contribution in [3.05, 3.63) is 182 Å². The number of rotatable bonds is 5. The maximum absolute atomic E-state index is 5.13. The molecule has 0 atom stereocenters. The van der Waals surface area contributed by atoms with Crippen molar-refractivity contribution in [1.82, 2.24) is 34.1 Å². The van der Waals surface area contributed by atoms with Gasteiger partial charge in [-0.15, -0.1) is 0 Å². The fraction of sp³-hybridized carbons (Fsp3) is 0. The third kappa shape index (κ3) is 6.07. The van der Waals surface area contributed by atoms with Crippen molar-refractivity contribution in [2.45, 2.75) is 0 Å². The number of para-hydroxylation sites is 8. The van der Waals surface area contributed by atoms with Crippen LogP contribution in [0, 0.1) is 0 Å². The molecule has 0 aliphatic rings. The van der Waals surface area contributed by atoms with Crippen LogP contribution in [0.3, 0.4) is 0 Å². The second-order valence-electron chi connectivity index (χ2n) is 12.0. The molecule has 4 aromatic heterocycles. The second-order valence-corrected chi connectivity index (χ2v) is 12.0. The smallest absolute Gasteiger partial charge is 0.434 e. The summed E-state index contributed by atoms with van der Waals surface area (Å²) in [5, 5.41) is 0. The Bertz CT molecular complexity index is 2580. The zero-order valence-corrected chi connectivity index (χ0v) is 28.7. The molecule has 0 aliphatic carbocycles. The van der Waals surface area contributed by atoms with E-state index in [1.165, 1.54) is 0 Å². The maximum atomic E-state index is 5.13. The van der Waals surface area contributed by atoms with E-state index < -0.39 is 0 Å². The van der Waals surface area contributed by atoms with Crippen molar-refractivity contribution < 1.29 is 17.1 Å². The van der Waals surface area contributed by atoms with Crippen molar-refractivity contribution in [2.75, 3.05) is 0 Å². The van der Waals surface area contributed by atoms with Crippen molar-refractivity contribution in [2.24, 2.45) is 0 Å². The molecule has 0 saturated heterocycles. The van der Waals surface area contributed by atoms with E-state index in [0.717, 1.165) is 72.9 Å². The molecule has 0 unspecified atom stereocenters. The molecule has 0 radical (unpaired) electrons. The minimum atomic E-state index is 0. The van der Waals surface area contributed by atoms with Gasteiger partial charge in [-0.2, -0.15) is 0 Å². The predicted molar refractivity (Wildman–Crippen MR) is 205 cm³/mol. The summed E-state index contributed by atoms with van der Waals surface area (Å²) in [4.78, 5) is 23.3. The first-order chi connectivity index (χ1) is 25.3. The van der Waals surface area contributed by atoms with Gasteiger partial charge in [-0.1, -0.05) is 115 Å². The molecule has 4 heterocycles. The van der Waals surface area contributed by atoms with Crippen LogP contribution in [-0.4, -0.2) is 29.1 Å². The van der Waals surface area contributed by atoms with E-state index in [1.54, 1.807) is 6.20 Å². The molecule has 10 rings (SSSR count). The van der Waals surface area contributed by atoms with Gasteiger partial charge in [0.25, 0.3) is 0 Å². The van der Waals surface area contributed by atoms with E-state index in [-0.39, 0.29) is 17.1 Å². The summed E-state index contributed by atoms with van der Waals surface area (Å²) in [6.07, 6.45) is 1.75. The molecule has 0 spiro atoms. The van der Waals surface area contributed by atoms with Gasteiger partial charge in [0, 0.05) is 28.7 Å². The van der Waals surface area contributed by atoms with E-state index in [9.17, 15) is 0 Å². The summed E-state index contributed by atoms with van der Waals surface area (Å²) in [5.74, 6) is 2.48. The maximum Gasteiger partial charge on any atom is 1.00 e. The Balaban J connectivity index is 0.000000202. The van der Waals surface area contributed by atoms with Gasteiger partial charge in [0.1, 0.15) is 11.6 Å². The minimum absolute atomic E-state index is 0. The van der Waals surface area contributed by atoms with Gasteiger partial charge >= 0.3 is 17.1 Å². The van der Waals surface area contributed by atoms with Crippen LogP contribution in [0.4, 0.5) is 0 Å². The molecule has 10 aromatic rings. The van der Waals surface area contributed by atoms with Gasteiger partial charge in [-0.05, 0) is 77.5 Å². The zero-order valence-electron chi connectivity index (χ0n) is 27.8. The first-order valence-corrected chi connectivity index (χ1v) is 16.8. The summed E-state index contributed by atoms with van der Waals surface area (Å²) in [6.45, 7) is 0. The number of fused-ring (bicyclic) bond motifs is 3. The average molecular weight is 720 g/mol. The molecular weight excluding hydrogens is 690 g/mol. The normalized spacial score (nSPS) is 10.9. The van der Waals surface area contributed by atoms with Crippen LogP contribution < -0.4 is 4.98 Å². The van der Waals surface area contributed by atoms with Crippen LogP contribution in [0.5, 0.6) is 0 Å². The topological polar surface area (TPSA) is 75.5 Å². The molecular formula is C44H30CuN7. The first-order valence-electron chi connectivity index (χ1n) is 16.8. The number of hydrogen-bond acceptors (Lipinski definition) is 4. The van der Waals surface area contributed by atoms with Crippen molar-refractivity contribution >= 4 is 33.1 Å². The summed E-state index contributed by atoms with van der Waals surface area (Å²) in [6, 6.07) is 59.4. The Labute approximate surface area is 310 Å². The Morgan fingerprint density at radius 1 is 0.404 bits per heavy atom. The largest absolute Gasteiger partial charge is 1.00 e. The summed E-state index contributed by atoms with van der Waals surface area (Å²) in [5.41, 5.74) is 10.9. The molecule has 0 aliphatic heterocycles. The Morgan fingerprint density at radius 2 is 0.865 bits per heavy atom. The fourth-order valence-electron chi connectivity index (χ4n) is 6.48. The standard InChI is InChI=1S/C32H22N4.C12H8N3.Cu/c1-3-13-23(14-4-1)35-29-21-11-9-19-27(29)33-31(35)25-17-7-8-18-26(25)32-34-28-20-10-12-22-30(28)36(32)24-15-5-2-6-16-24;1-2-6-10-9(5-1)14-12(15-10)11-7-3-4-8-13-11;/h1-22H;1-8H;/q;-1;+1. The first kappa shape index (κ1) is 32.6. The van der Waals surface area contributed by atoms with Crippen LogP contribution in [0.2, 0.25) is 0 Å². The molecule has 252 valence electrons. The Kier molecular flexibility index (Phi) is 8.98. The van der Waals surface area contributed by atoms with Gasteiger partial charge in [0.15, 0.2) is 0 Å². The molecule has 0 N–H and O–H groups in total. The van der Waals surface area contributed by atoms with Crippen molar-refractivity contribution in [1.29, 1.82) is 0 Å². The predicted octanol–water partition coefficient (Wildman–Crippen LogP) is 9.95. The average Bonchev–Trinajstić information content (AvgIpc) is 3.93. The number of aromatic nitrogens is 7. The van der Waals surface area contributed by atoms with Gasteiger partial charge in [-0.25, -0.2) is 9.97 Å². The summed E-state index contributed by atoms with van der Waals surface area (Å²) >= 11 is 0. The zero-order chi connectivity index (χ0) is 34.0. The SMILES string of the molecule is [Cu+].c1ccc(-c2nc3ccccc3[n-]2)nc1.c1ccc(-n2c(-c3ccccc3-c3nc4ccccc4n3-c3ccccc3)nc3ccccc32)cc1. The molecule has 52 heavy (non-hydrogen) atoms. The minimum Gasteiger partial charge on any atom is -0.434 e. The molecule has 6 aromatic carbocycles. The Morgan fingerprint density at radius 3 is 1.38 bits per heavy atom. The van der Waals surface area contributed by atoms with Crippen LogP contribution in [-0.2, 0) is 17.1 Å². The van der Waals surface area contributed by atoms with E-state index in [0.29, 0.717) is 5.82 Å². The van der Waals surface area contributed by atoms with E-state index in [2.05, 4.69) is 133 Å². The number of benzene rings is 6. The van der Waals surface area contributed by atoms with Gasteiger partial charge in [-0.3, -0.25) is 14.1 Å². The van der Waals surface area contributed by atoms with Gasteiger partial charge in [0.05, 0.1) is 27.8 Å². The molecule has 0 fully saturated rings. The number of nitrogens with zero attached hydrogens (tertiary/aromatic N) is 7. The second kappa shape index (κ2) is 14.3. The quantitative estimate of drug-likeness (QED) is 0.166. The third-order valence-electron chi connectivity index (χ3n) is 8.79. The molecule has 0 bridgehead atoms. The molecule has 8 heteroatoms. The fourth-order valence-corrected chi connectivity index (χ4v) is 6.48. The van der Waals surface area contributed by atoms with Crippen LogP contribution in [0.15, 0.2) is 182 Å². The van der Waals surface area contributed by atoms with Crippen molar-refractivity contribution in [3.63, 3.8) is 0 Å². The van der Waals surface area contributed by atoms with Crippen LogP contribution >= 0.6 is 0 Å². The van der Waals surface area contributed by atoms with E-state index >= 15 is 0 Å². The monoisotopic (exact) mass is 719 g/mol. The number of pyridine rings is 1. The van der Waals surface area contributed by atoms with Crippen LogP contribution in [0.1, 0.15) is 0 Å². The molecule has 0 amide bonds. The summed E-state index contributed by atoms with van der Waals surface area (Å²) in [7, 11) is 0. The van der Waals surface area contributed by atoms with Gasteiger partial charge in [0.2, 0.25) is 0 Å². The van der Waals surface area contributed by atoms with E-state index in [1.807, 2.05) is 66.7 Å². The summed E-state index contributed by atoms with van der Waals surface area (Å²) < 4.78 is 4.48. The number of hydrogen-bond donors (Lipinski definition) is 0. The van der Waals surface area contributed by atoms with Crippen molar-refractivity contribution in [3.8, 4) is 45.7 Å². The van der Waals surface area contributed by atoms with Gasteiger partial charge < -0.3 is 9.97 Å². The van der Waals surface area contributed by atoms with E-state index in [4.69, 9.17) is 9.97 Å². The van der Waals surface area contributed by atoms with Crippen LogP contribution in [0.25, 0.3) is 78.8 Å². The number of imidazole rings is 3. The molecule has 0 saturated carbocycles. The Hall–Kier alpha value is -6.60. The third-order valence-corrected chi connectivity index (χ3v) is 8.79. The molecule has 7 nitrogen and oxygen atoms in total.